The number of aromatic nitrogens is 2. The molecule has 1 N–H and O–H groups in total. The third-order valence-corrected chi connectivity index (χ3v) is 2.39. The molecule has 0 spiro atoms. The zero-order chi connectivity index (χ0) is 9.80. The molecule has 0 aromatic carbocycles. The van der Waals surface area contributed by atoms with Gasteiger partial charge in [-0.15, -0.1) is 0 Å². The normalized spacial score (nSPS) is 16.1. The summed E-state index contributed by atoms with van der Waals surface area (Å²) in [5.41, 5.74) is 0. The van der Waals surface area contributed by atoms with Crippen LogP contribution in [0, 0.1) is 5.92 Å². The lowest BCUT2D eigenvalue weighted by Gasteiger charge is -1.97. The van der Waals surface area contributed by atoms with Gasteiger partial charge in [0, 0.05) is 6.42 Å². The predicted octanol–water partition coefficient (Wildman–Crippen LogP) is 1.52. The highest BCUT2D eigenvalue weighted by Crippen LogP contribution is 2.27. The number of aryl methyl sites for hydroxylation is 1. The van der Waals surface area contributed by atoms with Crippen LogP contribution in [0.5, 0.6) is 0 Å². The van der Waals surface area contributed by atoms with Crippen molar-refractivity contribution in [3.05, 3.63) is 11.7 Å². The van der Waals surface area contributed by atoms with E-state index in [4.69, 9.17) is 4.52 Å². The van der Waals surface area contributed by atoms with Crippen LogP contribution in [0.2, 0.25) is 0 Å². The molecule has 4 heteroatoms. The van der Waals surface area contributed by atoms with Crippen molar-refractivity contribution in [3.63, 3.8) is 0 Å². The molecule has 0 unspecified atom stereocenters. The number of nitrogens with zero attached hydrogens (tertiary/aromatic N) is 2. The fourth-order valence-corrected chi connectivity index (χ4v) is 1.39. The minimum Gasteiger partial charge on any atom is -0.338 e. The first-order chi connectivity index (χ1) is 6.88. The molecule has 4 nitrogen and oxygen atoms in total. The van der Waals surface area contributed by atoms with Gasteiger partial charge in [-0.25, -0.2) is 0 Å². The van der Waals surface area contributed by atoms with Gasteiger partial charge in [-0.2, -0.15) is 4.98 Å². The molecule has 14 heavy (non-hydrogen) atoms. The largest absolute Gasteiger partial charge is 0.338 e. The number of nitrogens with one attached hydrogen (secondary N) is 1. The SMILES string of the molecule is CCCc1noc(CNCC2CC2)n1. The van der Waals surface area contributed by atoms with Crippen LogP contribution in [0.25, 0.3) is 0 Å². The van der Waals surface area contributed by atoms with Crippen molar-refractivity contribution in [1.82, 2.24) is 15.5 Å². The standard InChI is InChI=1S/C10H17N3O/c1-2-3-9-12-10(14-13-9)7-11-6-8-4-5-8/h8,11H,2-7H2,1H3. The smallest absolute Gasteiger partial charge is 0.240 e. The van der Waals surface area contributed by atoms with E-state index in [1.807, 2.05) is 0 Å². The summed E-state index contributed by atoms with van der Waals surface area (Å²) < 4.78 is 5.10. The quantitative estimate of drug-likeness (QED) is 0.747. The topological polar surface area (TPSA) is 51.0 Å². The van der Waals surface area contributed by atoms with Crippen molar-refractivity contribution in [1.29, 1.82) is 0 Å². The third kappa shape index (κ3) is 2.80. The summed E-state index contributed by atoms with van der Waals surface area (Å²) in [6, 6.07) is 0. The molecule has 0 amide bonds. The van der Waals surface area contributed by atoms with Gasteiger partial charge < -0.3 is 9.84 Å². The summed E-state index contributed by atoms with van der Waals surface area (Å²) in [5.74, 6) is 2.44. The van der Waals surface area contributed by atoms with E-state index in [0.29, 0.717) is 12.4 Å². The Bertz CT molecular complexity index is 281. The van der Waals surface area contributed by atoms with Gasteiger partial charge in [0.05, 0.1) is 6.54 Å². The van der Waals surface area contributed by atoms with Crippen LogP contribution in [0.4, 0.5) is 0 Å². The molecule has 0 radical (unpaired) electrons. The maximum absolute atomic E-state index is 5.10. The van der Waals surface area contributed by atoms with Gasteiger partial charge in [0.25, 0.3) is 0 Å². The molecule has 1 heterocycles. The van der Waals surface area contributed by atoms with Crippen molar-refractivity contribution < 1.29 is 4.52 Å². The van der Waals surface area contributed by atoms with Crippen molar-refractivity contribution >= 4 is 0 Å². The molecular formula is C10H17N3O. The van der Waals surface area contributed by atoms with Gasteiger partial charge >= 0.3 is 0 Å². The van der Waals surface area contributed by atoms with Gasteiger partial charge in [-0.05, 0) is 31.7 Å². The van der Waals surface area contributed by atoms with Crippen LogP contribution in [0.1, 0.15) is 37.9 Å². The Balaban J connectivity index is 1.71. The zero-order valence-electron chi connectivity index (χ0n) is 8.62. The molecule has 0 atom stereocenters. The minimum absolute atomic E-state index is 0.715. The maximum Gasteiger partial charge on any atom is 0.240 e. The Morgan fingerprint density at radius 3 is 3.07 bits per heavy atom. The molecule has 1 fully saturated rings. The summed E-state index contributed by atoms with van der Waals surface area (Å²) in [5, 5.41) is 7.22. The second kappa shape index (κ2) is 4.55. The fourth-order valence-electron chi connectivity index (χ4n) is 1.39. The number of rotatable bonds is 6. The van der Waals surface area contributed by atoms with Crippen molar-refractivity contribution in [3.8, 4) is 0 Å². The number of hydrogen-bond donors (Lipinski definition) is 1. The average Bonchev–Trinajstić information content (AvgIpc) is 2.88. The van der Waals surface area contributed by atoms with Gasteiger partial charge in [0.2, 0.25) is 5.89 Å². The molecule has 1 aliphatic carbocycles. The summed E-state index contributed by atoms with van der Waals surface area (Å²) in [6.07, 6.45) is 4.72. The van der Waals surface area contributed by atoms with Crippen molar-refractivity contribution in [2.75, 3.05) is 6.54 Å². The van der Waals surface area contributed by atoms with Gasteiger partial charge in [0.1, 0.15) is 0 Å². The van der Waals surface area contributed by atoms with Gasteiger partial charge in [0.15, 0.2) is 5.82 Å². The molecule has 1 aliphatic rings. The van der Waals surface area contributed by atoms with Crippen LogP contribution in [0.3, 0.4) is 0 Å². The fraction of sp³-hybridized carbons (Fsp3) is 0.800. The average molecular weight is 195 g/mol. The first-order valence-corrected chi connectivity index (χ1v) is 5.40. The van der Waals surface area contributed by atoms with Crippen LogP contribution >= 0.6 is 0 Å². The summed E-state index contributed by atoms with van der Waals surface area (Å²) in [7, 11) is 0. The van der Waals surface area contributed by atoms with Crippen LogP contribution < -0.4 is 5.32 Å². The second-order valence-corrected chi connectivity index (χ2v) is 3.93. The Morgan fingerprint density at radius 1 is 1.50 bits per heavy atom. The van der Waals surface area contributed by atoms with E-state index in [2.05, 4.69) is 22.4 Å². The van der Waals surface area contributed by atoms with Crippen molar-refractivity contribution in [2.24, 2.45) is 5.92 Å². The summed E-state index contributed by atoms with van der Waals surface area (Å²) in [6.45, 7) is 3.92. The molecule has 2 rings (SSSR count). The van der Waals surface area contributed by atoms with E-state index in [0.717, 1.165) is 31.1 Å². The van der Waals surface area contributed by atoms with E-state index in [9.17, 15) is 0 Å². The lowest BCUT2D eigenvalue weighted by atomic mass is 10.3. The summed E-state index contributed by atoms with van der Waals surface area (Å²) >= 11 is 0. The first kappa shape index (κ1) is 9.65. The van der Waals surface area contributed by atoms with E-state index in [1.165, 1.54) is 12.8 Å². The van der Waals surface area contributed by atoms with Crippen LogP contribution in [-0.2, 0) is 13.0 Å². The number of hydrogen-bond acceptors (Lipinski definition) is 4. The Labute approximate surface area is 84.1 Å². The third-order valence-electron chi connectivity index (χ3n) is 2.39. The Kier molecular flexibility index (Phi) is 3.14. The van der Waals surface area contributed by atoms with Crippen LogP contribution in [0.15, 0.2) is 4.52 Å². The van der Waals surface area contributed by atoms with Gasteiger partial charge in [-0.1, -0.05) is 12.1 Å². The molecule has 1 aromatic heterocycles. The molecular weight excluding hydrogens is 178 g/mol. The summed E-state index contributed by atoms with van der Waals surface area (Å²) in [4.78, 5) is 4.28. The lowest BCUT2D eigenvalue weighted by molar-refractivity contribution is 0.362. The molecule has 1 aromatic rings. The van der Waals surface area contributed by atoms with E-state index < -0.39 is 0 Å². The van der Waals surface area contributed by atoms with Gasteiger partial charge in [-0.3, -0.25) is 0 Å². The molecule has 78 valence electrons. The molecule has 0 aliphatic heterocycles. The first-order valence-electron chi connectivity index (χ1n) is 5.40. The molecule has 0 bridgehead atoms. The highest BCUT2D eigenvalue weighted by Gasteiger charge is 2.20. The highest BCUT2D eigenvalue weighted by atomic mass is 16.5. The molecule has 1 saturated carbocycles. The second-order valence-electron chi connectivity index (χ2n) is 3.93. The minimum atomic E-state index is 0.715. The van der Waals surface area contributed by atoms with Crippen LogP contribution in [-0.4, -0.2) is 16.7 Å². The van der Waals surface area contributed by atoms with E-state index in [-0.39, 0.29) is 0 Å². The van der Waals surface area contributed by atoms with Crippen molar-refractivity contribution in [2.45, 2.75) is 39.2 Å². The lowest BCUT2D eigenvalue weighted by Crippen LogP contribution is -2.16. The predicted molar refractivity (Wildman–Crippen MR) is 52.7 cm³/mol. The Hall–Kier alpha value is -0.900. The highest BCUT2D eigenvalue weighted by molar-refractivity contribution is 4.86. The zero-order valence-corrected chi connectivity index (χ0v) is 8.62. The monoisotopic (exact) mass is 195 g/mol. The Morgan fingerprint density at radius 2 is 2.36 bits per heavy atom. The van der Waals surface area contributed by atoms with E-state index >= 15 is 0 Å². The molecule has 0 saturated heterocycles. The van der Waals surface area contributed by atoms with E-state index in [1.54, 1.807) is 0 Å². The maximum atomic E-state index is 5.10.